The third-order valence-corrected chi connectivity index (χ3v) is 14.5. The lowest BCUT2D eigenvalue weighted by Crippen LogP contribution is -2.06. The molecule has 6 nitrogen and oxygen atoms in total. The van der Waals surface area contributed by atoms with Gasteiger partial charge >= 0.3 is 11.9 Å². The third kappa shape index (κ3) is 15.9. The third-order valence-electron chi connectivity index (χ3n) is 10.2. The molecule has 11 heteroatoms. The molecule has 0 saturated heterocycles. The number of thiophene rings is 2. The molecule has 0 aliphatic heterocycles. The average Bonchev–Trinajstić information content (AvgIpc) is 3.93. The van der Waals surface area contributed by atoms with Crippen LogP contribution in [0.25, 0.3) is 31.9 Å². The van der Waals surface area contributed by atoms with Crippen molar-refractivity contribution in [3.63, 3.8) is 0 Å². The van der Waals surface area contributed by atoms with E-state index in [1.807, 2.05) is 24.3 Å². The minimum atomic E-state index is -0.302. The first-order valence-corrected chi connectivity index (χ1v) is 25.1. The zero-order chi connectivity index (χ0) is 39.1. The predicted molar refractivity (Wildman–Crippen MR) is 242 cm³/mol. The molecule has 0 aliphatic rings. The number of ether oxygens (including phenoxy) is 2. The van der Waals surface area contributed by atoms with Crippen LogP contribution in [0.5, 0.6) is 0 Å². The monoisotopic (exact) mass is 936 g/mol. The van der Waals surface area contributed by atoms with Crippen molar-refractivity contribution in [3.05, 3.63) is 43.0 Å². The van der Waals surface area contributed by atoms with E-state index in [-0.39, 0.29) is 11.9 Å². The number of carbonyl (C=O) groups excluding carboxylic acids is 2. The Morgan fingerprint density at radius 2 is 0.818 bits per heavy atom. The van der Waals surface area contributed by atoms with Crippen LogP contribution in [0, 0.1) is 0 Å². The van der Waals surface area contributed by atoms with Crippen molar-refractivity contribution in [2.24, 2.45) is 0 Å². The molecular weight excluding hydrogens is 877 g/mol. The largest absolute Gasteiger partial charge is 0.462 e. The molecule has 0 aliphatic carbocycles. The van der Waals surface area contributed by atoms with Gasteiger partial charge in [0.1, 0.15) is 11.0 Å². The van der Waals surface area contributed by atoms with Gasteiger partial charge in [-0.25, -0.2) is 9.59 Å². The van der Waals surface area contributed by atoms with E-state index < -0.39 is 0 Å². The van der Waals surface area contributed by atoms with E-state index in [1.54, 1.807) is 0 Å². The summed E-state index contributed by atoms with van der Waals surface area (Å²) >= 11 is 11.4. The highest BCUT2D eigenvalue weighted by molar-refractivity contribution is 9.11. The van der Waals surface area contributed by atoms with Crippen molar-refractivity contribution < 1.29 is 19.1 Å². The molecule has 0 spiro atoms. The summed E-state index contributed by atoms with van der Waals surface area (Å²) in [5, 5.41) is 0. The van der Waals surface area contributed by atoms with Gasteiger partial charge < -0.3 is 9.47 Å². The van der Waals surface area contributed by atoms with Crippen LogP contribution in [0.3, 0.4) is 0 Å². The number of benzene rings is 1. The topological polar surface area (TPSA) is 78.4 Å². The highest BCUT2D eigenvalue weighted by atomic mass is 79.9. The number of fused-ring (bicyclic) bond motifs is 1. The smallest absolute Gasteiger partial charge is 0.340 e. The first-order valence-electron chi connectivity index (χ1n) is 21.1. The molecule has 0 radical (unpaired) electrons. The lowest BCUT2D eigenvalue weighted by molar-refractivity contribution is 0.0488. The second-order valence-corrected chi connectivity index (χ2v) is 20.0. The highest BCUT2D eigenvalue weighted by Crippen LogP contribution is 2.43. The van der Waals surface area contributed by atoms with Gasteiger partial charge in [-0.3, -0.25) is 0 Å². The summed E-state index contributed by atoms with van der Waals surface area (Å²) in [5.41, 5.74) is 4.44. The molecule has 0 atom stereocenters. The van der Waals surface area contributed by atoms with Crippen LogP contribution in [0.4, 0.5) is 0 Å². The SMILES string of the molecule is CCCCCCCCCCCCCCOC(=O)c1cc(-c2ccc(-c3cc(C(=O)OCCCCCCCCCCCCCC)c(Br)s3)c3nsnc23)sc1Br. The molecule has 4 rings (SSSR count). The minimum absolute atomic E-state index is 0.302. The molecule has 0 amide bonds. The van der Waals surface area contributed by atoms with Crippen LogP contribution in [-0.2, 0) is 9.47 Å². The number of hydrogen-bond acceptors (Lipinski definition) is 9. The Hall–Kier alpha value is -1.66. The molecule has 0 fully saturated rings. The quantitative estimate of drug-likeness (QED) is 0.0383. The van der Waals surface area contributed by atoms with Gasteiger partial charge in [-0.2, -0.15) is 8.75 Å². The molecule has 3 aromatic heterocycles. The van der Waals surface area contributed by atoms with Crippen molar-refractivity contribution in [1.29, 1.82) is 0 Å². The number of rotatable bonds is 30. The van der Waals surface area contributed by atoms with Crippen molar-refractivity contribution in [2.45, 2.75) is 168 Å². The van der Waals surface area contributed by atoms with Gasteiger partial charge in [-0.15, -0.1) is 22.7 Å². The molecule has 0 saturated carbocycles. The fourth-order valence-corrected chi connectivity index (χ4v) is 10.9. The molecule has 0 bridgehead atoms. The van der Waals surface area contributed by atoms with Crippen molar-refractivity contribution in [1.82, 2.24) is 8.75 Å². The maximum absolute atomic E-state index is 13.0. The lowest BCUT2D eigenvalue weighted by Gasteiger charge is -2.05. The second-order valence-electron chi connectivity index (χ2n) is 14.8. The van der Waals surface area contributed by atoms with Crippen molar-refractivity contribution in [3.8, 4) is 20.9 Å². The molecular formula is C44H62Br2N2O4S3. The number of aromatic nitrogens is 2. The van der Waals surface area contributed by atoms with E-state index in [4.69, 9.17) is 9.47 Å². The van der Waals surface area contributed by atoms with E-state index in [1.165, 1.54) is 151 Å². The second kappa shape index (κ2) is 27.1. The summed E-state index contributed by atoms with van der Waals surface area (Å²) in [4.78, 5) is 27.9. The van der Waals surface area contributed by atoms with Gasteiger partial charge in [0, 0.05) is 20.9 Å². The van der Waals surface area contributed by atoms with Gasteiger partial charge in [0.15, 0.2) is 0 Å². The summed E-state index contributed by atoms with van der Waals surface area (Å²) in [6, 6.07) is 7.83. The fraction of sp³-hybridized carbons (Fsp3) is 0.636. The summed E-state index contributed by atoms with van der Waals surface area (Å²) in [6.45, 7) is 5.41. The van der Waals surface area contributed by atoms with Gasteiger partial charge in [0.05, 0.1) is 43.6 Å². The maximum Gasteiger partial charge on any atom is 0.340 e. The first kappa shape index (κ1) is 46.0. The van der Waals surface area contributed by atoms with Crippen molar-refractivity contribution >= 4 is 89.2 Å². The maximum atomic E-state index is 13.0. The summed E-state index contributed by atoms with van der Waals surface area (Å²) in [5.74, 6) is -0.605. The number of hydrogen-bond donors (Lipinski definition) is 0. The van der Waals surface area contributed by atoms with Crippen LogP contribution in [-0.4, -0.2) is 33.9 Å². The summed E-state index contributed by atoms with van der Waals surface area (Å²) in [7, 11) is 0. The van der Waals surface area contributed by atoms with Crippen LogP contribution in [0.1, 0.15) is 189 Å². The van der Waals surface area contributed by atoms with E-state index in [0.717, 1.165) is 76.9 Å². The number of carbonyl (C=O) groups is 2. The van der Waals surface area contributed by atoms with Crippen LogP contribution >= 0.6 is 66.3 Å². The standard InChI is InChI=1S/C44H62Br2N2O4S3/c1-3-5-7-9-11-13-15-17-19-21-23-25-29-51-43(49)35-31-37(53-41(35)45)33-27-28-34(40-39(33)47-55-48-40)38-32-36(42(46)54-38)44(50)52-30-26-24-22-20-18-16-14-12-10-8-6-4-2/h27-28,31-32H,3-26,29-30H2,1-2H3. The number of unbranched alkanes of at least 4 members (excludes halogenated alkanes) is 22. The Bertz CT molecular complexity index is 1580. The Balaban J connectivity index is 1.20. The van der Waals surface area contributed by atoms with Gasteiger partial charge in [-0.05, 0) is 56.8 Å². The van der Waals surface area contributed by atoms with E-state index in [9.17, 15) is 9.59 Å². The molecule has 304 valence electrons. The molecule has 55 heavy (non-hydrogen) atoms. The zero-order valence-corrected chi connectivity index (χ0v) is 38.8. The number of halogens is 2. The number of esters is 2. The summed E-state index contributed by atoms with van der Waals surface area (Å²) < 4.78 is 22.1. The Morgan fingerprint density at radius 3 is 1.15 bits per heavy atom. The molecule has 3 heterocycles. The molecule has 4 aromatic rings. The van der Waals surface area contributed by atoms with Crippen LogP contribution < -0.4 is 0 Å². The number of nitrogens with zero attached hydrogens (tertiary/aromatic N) is 2. The van der Waals surface area contributed by atoms with Gasteiger partial charge in [0.25, 0.3) is 0 Å². The Labute approximate surface area is 359 Å². The van der Waals surface area contributed by atoms with Crippen LogP contribution in [0.2, 0.25) is 0 Å². The first-order chi connectivity index (χ1) is 26.9. The predicted octanol–water partition coefficient (Wildman–Crippen LogP) is 16.4. The normalized spacial score (nSPS) is 11.5. The molecule has 1 aromatic carbocycles. The minimum Gasteiger partial charge on any atom is -0.462 e. The molecule has 0 N–H and O–H groups in total. The zero-order valence-electron chi connectivity index (χ0n) is 33.2. The lowest BCUT2D eigenvalue weighted by atomic mass is 10.0. The van der Waals surface area contributed by atoms with Crippen molar-refractivity contribution in [2.75, 3.05) is 13.2 Å². The van der Waals surface area contributed by atoms with Gasteiger partial charge in [0.2, 0.25) is 0 Å². The average molecular weight is 939 g/mol. The summed E-state index contributed by atoms with van der Waals surface area (Å²) in [6.07, 6.45) is 30.5. The Kier molecular flexibility index (Phi) is 22.7. The van der Waals surface area contributed by atoms with E-state index >= 15 is 0 Å². The van der Waals surface area contributed by atoms with E-state index in [2.05, 4.69) is 54.5 Å². The van der Waals surface area contributed by atoms with Gasteiger partial charge in [-0.1, -0.05) is 167 Å². The van der Waals surface area contributed by atoms with Crippen LogP contribution in [0.15, 0.2) is 31.8 Å². The van der Waals surface area contributed by atoms with E-state index in [0.29, 0.717) is 24.3 Å². The fourth-order valence-electron chi connectivity index (χ4n) is 6.92. The highest BCUT2D eigenvalue weighted by Gasteiger charge is 2.22. The Morgan fingerprint density at radius 1 is 0.509 bits per heavy atom. The molecule has 0 unspecified atom stereocenters.